The van der Waals surface area contributed by atoms with Crippen molar-refractivity contribution in [3.05, 3.63) is 51.8 Å². The van der Waals surface area contributed by atoms with E-state index in [0.717, 1.165) is 0 Å². The first-order chi connectivity index (χ1) is 13.3. The summed E-state index contributed by atoms with van der Waals surface area (Å²) in [6, 6.07) is 5.01. The number of ketones is 1. The highest BCUT2D eigenvalue weighted by atomic mass is 16.5. The lowest BCUT2D eigenvalue weighted by Gasteiger charge is -2.12. The van der Waals surface area contributed by atoms with E-state index >= 15 is 0 Å². The Bertz CT molecular complexity index is 897. The number of ether oxygens (including phenoxy) is 3. The van der Waals surface area contributed by atoms with Crippen LogP contribution in [-0.2, 0) is 16.1 Å². The number of aryl methyl sites for hydroxylation is 1. The van der Waals surface area contributed by atoms with Crippen molar-refractivity contribution in [3.8, 4) is 5.75 Å². The van der Waals surface area contributed by atoms with E-state index < -0.39 is 11.9 Å². The zero-order valence-electron chi connectivity index (χ0n) is 16.8. The fraction of sp³-hybridized carbons (Fsp3) is 0.381. The maximum Gasteiger partial charge on any atom is 0.355 e. The molecule has 0 unspecified atom stereocenters. The number of carbonyl (C=O) groups excluding carboxylic acids is 3. The molecule has 0 atom stereocenters. The molecule has 28 heavy (non-hydrogen) atoms. The highest BCUT2D eigenvalue weighted by Crippen LogP contribution is 2.24. The van der Waals surface area contributed by atoms with Crippen LogP contribution in [0.2, 0.25) is 0 Å². The van der Waals surface area contributed by atoms with Gasteiger partial charge in [-0.15, -0.1) is 0 Å². The van der Waals surface area contributed by atoms with Crippen LogP contribution >= 0.6 is 0 Å². The monoisotopic (exact) mass is 387 g/mol. The zero-order valence-corrected chi connectivity index (χ0v) is 16.8. The first kappa shape index (κ1) is 21.2. The van der Waals surface area contributed by atoms with Gasteiger partial charge in [0, 0.05) is 16.8 Å². The van der Waals surface area contributed by atoms with Crippen molar-refractivity contribution < 1.29 is 28.6 Å². The Hall–Kier alpha value is -3.09. The molecule has 0 saturated heterocycles. The van der Waals surface area contributed by atoms with E-state index in [4.69, 9.17) is 14.2 Å². The van der Waals surface area contributed by atoms with Crippen molar-refractivity contribution in [2.75, 3.05) is 13.2 Å². The van der Waals surface area contributed by atoms with Crippen LogP contribution in [-0.4, -0.2) is 35.9 Å². The van der Waals surface area contributed by atoms with Gasteiger partial charge in [0.25, 0.3) is 0 Å². The smallest absolute Gasteiger partial charge is 0.355 e. The van der Waals surface area contributed by atoms with E-state index in [9.17, 15) is 14.4 Å². The molecule has 7 heteroatoms. The van der Waals surface area contributed by atoms with Crippen LogP contribution in [0.5, 0.6) is 5.75 Å². The Morgan fingerprint density at radius 2 is 1.71 bits per heavy atom. The summed E-state index contributed by atoms with van der Waals surface area (Å²) in [5.41, 5.74) is 2.64. The maximum absolute atomic E-state index is 12.6. The fourth-order valence-corrected chi connectivity index (χ4v) is 2.89. The van der Waals surface area contributed by atoms with E-state index in [-0.39, 0.29) is 24.7 Å². The molecule has 2 aromatic rings. The zero-order chi connectivity index (χ0) is 20.8. The van der Waals surface area contributed by atoms with Gasteiger partial charge in [0.2, 0.25) is 0 Å². The van der Waals surface area contributed by atoms with Crippen molar-refractivity contribution >= 4 is 17.7 Å². The number of H-pyrrole nitrogens is 1. The highest BCUT2D eigenvalue weighted by molar-refractivity contribution is 5.98. The van der Waals surface area contributed by atoms with E-state index in [1.165, 1.54) is 6.92 Å². The molecule has 1 heterocycles. The molecule has 0 saturated carbocycles. The summed E-state index contributed by atoms with van der Waals surface area (Å²) in [6.45, 7) is 9.00. The Morgan fingerprint density at radius 1 is 1.00 bits per heavy atom. The Balaban J connectivity index is 2.23. The van der Waals surface area contributed by atoms with Crippen LogP contribution in [0.15, 0.2) is 18.2 Å². The van der Waals surface area contributed by atoms with Gasteiger partial charge in [0.1, 0.15) is 18.1 Å². The number of hydrogen-bond acceptors (Lipinski definition) is 6. The molecule has 0 radical (unpaired) electrons. The lowest BCUT2D eigenvalue weighted by atomic mass is 10.1. The van der Waals surface area contributed by atoms with Crippen LogP contribution in [0.25, 0.3) is 0 Å². The number of aromatic nitrogens is 1. The predicted molar refractivity (Wildman–Crippen MR) is 103 cm³/mol. The molecule has 1 N–H and O–H groups in total. The summed E-state index contributed by atoms with van der Waals surface area (Å²) in [6.07, 6.45) is 0. The molecule has 0 aliphatic carbocycles. The second kappa shape index (κ2) is 9.21. The lowest BCUT2D eigenvalue weighted by molar-refractivity contribution is 0.0462. The van der Waals surface area contributed by atoms with Gasteiger partial charge in [-0.05, 0) is 58.4 Å². The number of hydrogen-bond donors (Lipinski definition) is 1. The Kier molecular flexibility index (Phi) is 6.98. The van der Waals surface area contributed by atoms with E-state index in [0.29, 0.717) is 40.3 Å². The quantitative estimate of drug-likeness (QED) is 0.547. The van der Waals surface area contributed by atoms with Gasteiger partial charge in [0.15, 0.2) is 5.78 Å². The number of aromatic amines is 1. The molecule has 0 amide bonds. The average molecular weight is 387 g/mol. The Labute approximate surface area is 164 Å². The predicted octanol–water partition coefficient (Wildman–Crippen LogP) is 3.77. The molecular weight excluding hydrogens is 362 g/mol. The first-order valence-electron chi connectivity index (χ1n) is 9.10. The number of carbonyl (C=O) groups is 3. The SMILES string of the molecule is CCOC(=O)c1c(C)[nH]c(C(=O)OCc2cc(C(C)=O)ccc2OCC)c1C. The number of esters is 2. The lowest BCUT2D eigenvalue weighted by Crippen LogP contribution is -2.10. The van der Waals surface area contributed by atoms with Gasteiger partial charge in [-0.3, -0.25) is 4.79 Å². The molecule has 1 aromatic heterocycles. The summed E-state index contributed by atoms with van der Waals surface area (Å²) >= 11 is 0. The normalized spacial score (nSPS) is 10.5. The molecule has 2 rings (SSSR count). The summed E-state index contributed by atoms with van der Waals surface area (Å²) < 4.78 is 16.0. The third-order valence-electron chi connectivity index (χ3n) is 4.25. The molecule has 0 aliphatic rings. The molecule has 0 fully saturated rings. The third-order valence-corrected chi connectivity index (χ3v) is 4.25. The minimum absolute atomic E-state index is 0.0679. The van der Waals surface area contributed by atoms with Gasteiger partial charge in [0.05, 0.1) is 18.8 Å². The summed E-state index contributed by atoms with van der Waals surface area (Å²) in [5, 5.41) is 0. The number of benzene rings is 1. The molecular formula is C21H25NO6. The largest absolute Gasteiger partial charge is 0.493 e. The minimum atomic E-state index is -0.605. The molecule has 0 spiro atoms. The summed E-state index contributed by atoms with van der Waals surface area (Å²) in [4.78, 5) is 39.2. The Morgan fingerprint density at radius 3 is 2.32 bits per heavy atom. The van der Waals surface area contributed by atoms with Crippen molar-refractivity contribution in [1.82, 2.24) is 4.98 Å². The van der Waals surface area contributed by atoms with Gasteiger partial charge in [-0.1, -0.05) is 0 Å². The van der Waals surface area contributed by atoms with Crippen molar-refractivity contribution in [1.29, 1.82) is 0 Å². The minimum Gasteiger partial charge on any atom is -0.493 e. The molecule has 7 nitrogen and oxygen atoms in total. The molecule has 150 valence electrons. The first-order valence-corrected chi connectivity index (χ1v) is 9.10. The maximum atomic E-state index is 12.6. The van der Waals surface area contributed by atoms with Crippen molar-refractivity contribution in [3.63, 3.8) is 0 Å². The van der Waals surface area contributed by atoms with Crippen molar-refractivity contribution in [2.45, 2.75) is 41.2 Å². The third kappa shape index (κ3) is 4.60. The van der Waals surface area contributed by atoms with Crippen LogP contribution in [0.4, 0.5) is 0 Å². The van der Waals surface area contributed by atoms with Gasteiger partial charge in [-0.2, -0.15) is 0 Å². The van der Waals surface area contributed by atoms with Crippen LogP contribution in [0.3, 0.4) is 0 Å². The van der Waals surface area contributed by atoms with Gasteiger partial charge >= 0.3 is 11.9 Å². The highest BCUT2D eigenvalue weighted by Gasteiger charge is 2.24. The van der Waals surface area contributed by atoms with Crippen molar-refractivity contribution in [2.24, 2.45) is 0 Å². The topological polar surface area (TPSA) is 94.7 Å². The van der Waals surface area contributed by atoms with E-state index in [1.807, 2.05) is 6.92 Å². The van der Waals surface area contributed by atoms with E-state index in [1.54, 1.807) is 39.0 Å². The average Bonchev–Trinajstić information content (AvgIpc) is 2.95. The standard InChI is InChI=1S/C21H25NO6/c1-6-26-17-9-8-15(14(5)23)10-16(17)11-28-21(25)19-12(3)18(13(4)22-19)20(24)27-7-2/h8-10,22H,6-7,11H2,1-5H3. The molecule has 0 bridgehead atoms. The second-order valence-corrected chi connectivity index (χ2v) is 6.23. The number of rotatable bonds is 8. The summed E-state index contributed by atoms with van der Waals surface area (Å²) in [7, 11) is 0. The number of Topliss-reactive ketones (excluding diaryl/α,β-unsaturated/α-hetero) is 1. The van der Waals surface area contributed by atoms with Gasteiger partial charge < -0.3 is 19.2 Å². The molecule has 1 aromatic carbocycles. The number of nitrogens with one attached hydrogen (secondary N) is 1. The van der Waals surface area contributed by atoms with Gasteiger partial charge in [-0.25, -0.2) is 9.59 Å². The van der Waals surface area contributed by atoms with Crippen LogP contribution in [0, 0.1) is 13.8 Å². The fourth-order valence-electron chi connectivity index (χ4n) is 2.89. The molecule has 0 aliphatic heterocycles. The second-order valence-electron chi connectivity index (χ2n) is 6.23. The van der Waals surface area contributed by atoms with E-state index in [2.05, 4.69) is 4.98 Å². The van der Waals surface area contributed by atoms with Crippen LogP contribution < -0.4 is 4.74 Å². The summed E-state index contributed by atoms with van der Waals surface area (Å²) in [5.74, 6) is -0.634. The van der Waals surface area contributed by atoms with Crippen LogP contribution in [0.1, 0.15) is 68.8 Å².